The third-order valence-corrected chi connectivity index (χ3v) is 3.51. The number of aromatic nitrogens is 2. The topological polar surface area (TPSA) is 75.4 Å². The smallest absolute Gasteiger partial charge is 0.305 e. The van der Waals surface area contributed by atoms with Crippen molar-refractivity contribution in [1.29, 1.82) is 0 Å². The molecular weight excluding hydrogens is 282 g/mol. The van der Waals surface area contributed by atoms with Gasteiger partial charge in [0.25, 0.3) is 5.91 Å². The van der Waals surface area contributed by atoms with Crippen molar-refractivity contribution in [2.24, 2.45) is 0 Å². The molecule has 22 heavy (non-hydrogen) atoms. The van der Waals surface area contributed by atoms with Gasteiger partial charge in [-0.2, -0.15) is 5.10 Å². The van der Waals surface area contributed by atoms with E-state index in [-0.39, 0.29) is 18.9 Å². The second-order valence-electron chi connectivity index (χ2n) is 5.16. The number of carboxylic acids is 1. The first-order valence-electron chi connectivity index (χ1n) is 7.00. The van der Waals surface area contributed by atoms with E-state index < -0.39 is 5.97 Å². The highest BCUT2D eigenvalue weighted by molar-refractivity contribution is 5.96. The van der Waals surface area contributed by atoms with Crippen LogP contribution in [0, 0.1) is 13.8 Å². The van der Waals surface area contributed by atoms with Crippen LogP contribution < -0.4 is 0 Å². The number of benzene rings is 1. The summed E-state index contributed by atoms with van der Waals surface area (Å²) >= 11 is 0. The number of nitrogens with zero attached hydrogens (tertiary/aromatic N) is 3. The van der Waals surface area contributed by atoms with Crippen molar-refractivity contribution in [2.45, 2.75) is 20.3 Å². The van der Waals surface area contributed by atoms with Crippen LogP contribution >= 0.6 is 0 Å². The Bertz CT molecular complexity index is 692. The fourth-order valence-electron chi connectivity index (χ4n) is 2.33. The molecule has 1 heterocycles. The molecule has 1 aromatic carbocycles. The highest BCUT2D eigenvalue weighted by Crippen LogP contribution is 2.19. The molecule has 0 saturated carbocycles. The SMILES string of the molecule is Cc1nn(-c2ccccc2)c(C)c1C(=O)N(C)CCC(=O)O. The third kappa shape index (κ3) is 3.16. The molecule has 0 spiro atoms. The fraction of sp³-hybridized carbons (Fsp3) is 0.312. The number of amides is 1. The van der Waals surface area contributed by atoms with Gasteiger partial charge in [0.05, 0.1) is 29.1 Å². The average molecular weight is 301 g/mol. The third-order valence-electron chi connectivity index (χ3n) is 3.51. The molecule has 0 radical (unpaired) electrons. The second-order valence-corrected chi connectivity index (χ2v) is 5.16. The van der Waals surface area contributed by atoms with Gasteiger partial charge in [-0.15, -0.1) is 0 Å². The Labute approximate surface area is 129 Å². The summed E-state index contributed by atoms with van der Waals surface area (Å²) in [5.41, 5.74) is 2.79. The standard InChI is InChI=1S/C16H19N3O3/c1-11-15(16(22)18(3)10-9-14(20)21)12(2)19(17-11)13-7-5-4-6-8-13/h4-8H,9-10H2,1-3H3,(H,20,21). The van der Waals surface area contributed by atoms with E-state index in [1.165, 1.54) is 4.90 Å². The van der Waals surface area contributed by atoms with Gasteiger partial charge >= 0.3 is 5.97 Å². The molecule has 0 aliphatic carbocycles. The molecule has 2 rings (SSSR count). The lowest BCUT2D eigenvalue weighted by Gasteiger charge is -2.16. The van der Waals surface area contributed by atoms with Crippen molar-refractivity contribution in [3.05, 3.63) is 47.3 Å². The van der Waals surface area contributed by atoms with Gasteiger partial charge in [0, 0.05) is 13.6 Å². The molecule has 2 aromatic rings. The summed E-state index contributed by atoms with van der Waals surface area (Å²) in [7, 11) is 1.60. The number of rotatable bonds is 5. The van der Waals surface area contributed by atoms with Gasteiger partial charge in [-0.05, 0) is 26.0 Å². The number of aryl methyl sites for hydroxylation is 1. The molecule has 1 amide bonds. The van der Waals surface area contributed by atoms with Crippen molar-refractivity contribution in [3.8, 4) is 5.69 Å². The Hall–Kier alpha value is -2.63. The minimum Gasteiger partial charge on any atom is -0.481 e. The molecule has 6 nitrogen and oxygen atoms in total. The number of carbonyl (C=O) groups is 2. The van der Waals surface area contributed by atoms with Crippen LogP contribution in [0.3, 0.4) is 0 Å². The zero-order valence-electron chi connectivity index (χ0n) is 12.9. The van der Waals surface area contributed by atoms with Crippen molar-refractivity contribution in [3.63, 3.8) is 0 Å². The van der Waals surface area contributed by atoms with E-state index in [1.807, 2.05) is 37.3 Å². The summed E-state index contributed by atoms with van der Waals surface area (Å²) in [4.78, 5) is 24.6. The quantitative estimate of drug-likeness (QED) is 0.917. The zero-order valence-corrected chi connectivity index (χ0v) is 12.9. The molecule has 0 aliphatic rings. The predicted octanol–water partition coefficient (Wildman–Crippen LogP) is 2.04. The van der Waals surface area contributed by atoms with Crippen LogP contribution in [0.4, 0.5) is 0 Å². The molecular formula is C16H19N3O3. The van der Waals surface area contributed by atoms with E-state index in [9.17, 15) is 9.59 Å². The monoisotopic (exact) mass is 301 g/mol. The van der Waals surface area contributed by atoms with Crippen LogP contribution in [-0.4, -0.2) is 45.3 Å². The largest absolute Gasteiger partial charge is 0.481 e. The molecule has 1 aromatic heterocycles. The molecule has 0 aliphatic heterocycles. The van der Waals surface area contributed by atoms with Crippen molar-refractivity contribution >= 4 is 11.9 Å². The van der Waals surface area contributed by atoms with Crippen LogP contribution in [0.15, 0.2) is 30.3 Å². The maximum absolute atomic E-state index is 12.5. The molecule has 116 valence electrons. The molecule has 0 fully saturated rings. The minimum absolute atomic E-state index is 0.0762. The summed E-state index contributed by atoms with van der Waals surface area (Å²) in [6, 6.07) is 9.57. The molecule has 6 heteroatoms. The van der Waals surface area contributed by atoms with Crippen LogP contribution in [0.5, 0.6) is 0 Å². The van der Waals surface area contributed by atoms with Gasteiger partial charge in [0.1, 0.15) is 0 Å². The zero-order chi connectivity index (χ0) is 16.3. The molecule has 1 N–H and O–H groups in total. The summed E-state index contributed by atoms with van der Waals surface area (Å²) < 4.78 is 1.73. The Morgan fingerprint density at radius 2 is 1.86 bits per heavy atom. The predicted molar refractivity (Wildman–Crippen MR) is 82.3 cm³/mol. The van der Waals surface area contributed by atoms with Gasteiger partial charge in [-0.1, -0.05) is 18.2 Å². The van der Waals surface area contributed by atoms with Gasteiger partial charge < -0.3 is 10.0 Å². The Kier molecular flexibility index (Phi) is 4.60. The number of hydrogen-bond donors (Lipinski definition) is 1. The van der Waals surface area contributed by atoms with Gasteiger partial charge in [0.15, 0.2) is 0 Å². The summed E-state index contributed by atoms with van der Waals surface area (Å²) in [5, 5.41) is 13.2. The van der Waals surface area contributed by atoms with Gasteiger partial charge in [0.2, 0.25) is 0 Å². The van der Waals surface area contributed by atoms with Crippen LogP contribution in [0.25, 0.3) is 5.69 Å². The number of hydrogen-bond acceptors (Lipinski definition) is 3. The van der Waals surface area contributed by atoms with Crippen molar-refractivity contribution < 1.29 is 14.7 Å². The Morgan fingerprint density at radius 1 is 1.23 bits per heavy atom. The number of carboxylic acid groups (broad SMARTS) is 1. The number of carbonyl (C=O) groups excluding carboxylic acids is 1. The van der Waals surface area contributed by atoms with Crippen LogP contribution in [0.1, 0.15) is 28.2 Å². The first-order chi connectivity index (χ1) is 10.4. The first-order valence-corrected chi connectivity index (χ1v) is 7.00. The van der Waals surface area contributed by atoms with Crippen LogP contribution in [-0.2, 0) is 4.79 Å². The van der Waals surface area contributed by atoms with E-state index >= 15 is 0 Å². The lowest BCUT2D eigenvalue weighted by Crippen LogP contribution is -2.29. The summed E-state index contributed by atoms with van der Waals surface area (Å²) in [5.74, 6) is -1.13. The maximum Gasteiger partial charge on any atom is 0.305 e. The normalized spacial score (nSPS) is 10.5. The highest BCUT2D eigenvalue weighted by Gasteiger charge is 2.22. The van der Waals surface area contributed by atoms with Crippen molar-refractivity contribution in [2.75, 3.05) is 13.6 Å². The van der Waals surface area contributed by atoms with E-state index in [1.54, 1.807) is 18.7 Å². The highest BCUT2D eigenvalue weighted by atomic mass is 16.4. The lowest BCUT2D eigenvalue weighted by molar-refractivity contribution is -0.137. The van der Waals surface area contributed by atoms with Crippen LogP contribution in [0.2, 0.25) is 0 Å². The average Bonchev–Trinajstić information content (AvgIpc) is 2.80. The minimum atomic E-state index is -0.923. The molecule has 0 unspecified atom stereocenters. The van der Waals surface area contributed by atoms with E-state index in [2.05, 4.69) is 5.10 Å². The molecule has 0 atom stereocenters. The first kappa shape index (κ1) is 15.8. The maximum atomic E-state index is 12.5. The van der Waals surface area contributed by atoms with E-state index in [0.29, 0.717) is 11.3 Å². The van der Waals surface area contributed by atoms with E-state index in [4.69, 9.17) is 5.11 Å². The number of para-hydroxylation sites is 1. The number of aliphatic carboxylic acids is 1. The summed E-state index contributed by atoms with van der Waals surface area (Å²) in [6.45, 7) is 3.79. The lowest BCUT2D eigenvalue weighted by atomic mass is 10.1. The van der Waals surface area contributed by atoms with E-state index in [0.717, 1.165) is 11.4 Å². The molecule has 0 saturated heterocycles. The second kappa shape index (κ2) is 6.43. The molecule has 0 bridgehead atoms. The Balaban J connectivity index is 2.31. The van der Waals surface area contributed by atoms with Crippen molar-refractivity contribution in [1.82, 2.24) is 14.7 Å². The fourth-order valence-corrected chi connectivity index (χ4v) is 2.33. The van der Waals surface area contributed by atoms with Gasteiger partial charge in [-0.25, -0.2) is 4.68 Å². The summed E-state index contributed by atoms with van der Waals surface area (Å²) in [6.07, 6.45) is -0.0762. The van der Waals surface area contributed by atoms with Gasteiger partial charge in [-0.3, -0.25) is 9.59 Å². The Morgan fingerprint density at radius 3 is 2.45 bits per heavy atom.